The molecule has 0 saturated carbocycles. The van der Waals surface area contributed by atoms with Crippen molar-refractivity contribution in [1.82, 2.24) is 10.3 Å². The van der Waals surface area contributed by atoms with E-state index in [-0.39, 0.29) is 0 Å². The number of hydrogen-bond acceptors (Lipinski definition) is 3. The molecule has 0 saturated heterocycles. The summed E-state index contributed by atoms with van der Waals surface area (Å²) in [6.07, 6.45) is 2.40. The molecule has 0 aliphatic rings. The van der Waals surface area contributed by atoms with E-state index in [4.69, 9.17) is 0 Å². The van der Waals surface area contributed by atoms with Gasteiger partial charge in [-0.1, -0.05) is 57.0 Å². The van der Waals surface area contributed by atoms with Crippen molar-refractivity contribution in [3.8, 4) is 0 Å². The van der Waals surface area contributed by atoms with Crippen LogP contribution in [0, 0.1) is 12.8 Å². The van der Waals surface area contributed by atoms with Crippen LogP contribution in [0.1, 0.15) is 48.9 Å². The van der Waals surface area contributed by atoms with Crippen LogP contribution in [0.3, 0.4) is 0 Å². The van der Waals surface area contributed by atoms with Gasteiger partial charge in [0.2, 0.25) is 0 Å². The fourth-order valence-electron chi connectivity index (χ4n) is 2.68. The molecule has 2 rings (SSSR count). The summed E-state index contributed by atoms with van der Waals surface area (Å²) >= 11 is 1.74. The molecule has 0 aliphatic carbocycles. The van der Waals surface area contributed by atoms with E-state index in [9.17, 15) is 0 Å². The second kappa shape index (κ2) is 7.55. The summed E-state index contributed by atoms with van der Waals surface area (Å²) in [4.78, 5) is 5.68. The average molecular weight is 288 g/mol. The number of aryl methyl sites for hydroxylation is 1. The molecule has 20 heavy (non-hydrogen) atoms. The van der Waals surface area contributed by atoms with Gasteiger partial charge in [-0.3, -0.25) is 0 Å². The molecule has 0 bridgehead atoms. The predicted octanol–water partition coefficient (Wildman–Crippen LogP) is 4.72. The monoisotopic (exact) mass is 288 g/mol. The number of rotatable bonds is 7. The topological polar surface area (TPSA) is 24.9 Å². The average Bonchev–Trinajstić information content (AvgIpc) is 2.90. The van der Waals surface area contributed by atoms with E-state index < -0.39 is 0 Å². The SMILES string of the molecule is CCC(CC)C(NCc1scnc1C)c1ccccc1. The van der Waals surface area contributed by atoms with E-state index in [1.54, 1.807) is 11.3 Å². The zero-order valence-corrected chi connectivity index (χ0v) is 13.4. The zero-order valence-electron chi connectivity index (χ0n) is 12.6. The molecule has 1 N–H and O–H groups in total. The molecule has 1 heterocycles. The third-order valence-electron chi connectivity index (χ3n) is 4.01. The molecule has 1 aromatic heterocycles. The summed E-state index contributed by atoms with van der Waals surface area (Å²) < 4.78 is 0. The molecule has 0 aliphatic heterocycles. The second-order valence-electron chi connectivity index (χ2n) is 5.21. The van der Waals surface area contributed by atoms with Gasteiger partial charge >= 0.3 is 0 Å². The van der Waals surface area contributed by atoms with Gasteiger partial charge in [0, 0.05) is 17.5 Å². The maximum Gasteiger partial charge on any atom is 0.0798 e. The normalized spacial score (nSPS) is 12.8. The van der Waals surface area contributed by atoms with Crippen molar-refractivity contribution in [1.29, 1.82) is 0 Å². The Balaban J connectivity index is 2.13. The van der Waals surface area contributed by atoms with Gasteiger partial charge in [-0.25, -0.2) is 4.98 Å². The molecule has 3 heteroatoms. The standard InChI is InChI=1S/C17H24N2S/c1-4-14(5-2)17(15-9-7-6-8-10-15)18-11-16-13(3)19-12-20-16/h6-10,12,14,17-18H,4-5,11H2,1-3H3. The molecule has 1 aromatic carbocycles. The fourth-order valence-corrected chi connectivity index (χ4v) is 3.40. The molecule has 0 fully saturated rings. The largest absolute Gasteiger partial charge is 0.305 e. The predicted molar refractivity (Wildman–Crippen MR) is 86.9 cm³/mol. The van der Waals surface area contributed by atoms with Crippen LogP contribution in [0.2, 0.25) is 0 Å². The first kappa shape index (κ1) is 15.2. The van der Waals surface area contributed by atoms with E-state index in [1.807, 2.05) is 5.51 Å². The van der Waals surface area contributed by atoms with Gasteiger partial charge in [0.05, 0.1) is 11.2 Å². The molecule has 108 valence electrons. The Labute approximate surface area is 126 Å². The lowest BCUT2D eigenvalue weighted by Crippen LogP contribution is -2.27. The van der Waals surface area contributed by atoms with Crippen LogP contribution in [0.4, 0.5) is 0 Å². The van der Waals surface area contributed by atoms with E-state index in [0.717, 1.165) is 12.2 Å². The number of nitrogens with one attached hydrogen (secondary N) is 1. The minimum atomic E-state index is 0.424. The quantitative estimate of drug-likeness (QED) is 0.797. The van der Waals surface area contributed by atoms with E-state index in [0.29, 0.717) is 12.0 Å². The molecule has 0 radical (unpaired) electrons. The van der Waals surface area contributed by atoms with Gasteiger partial charge in [-0.2, -0.15) is 0 Å². The summed E-state index contributed by atoms with van der Waals surface area (Å²) in [7, 11) is 0. The highest BCUT2D eigenvalue weighted by molar-refractivity contribution is 7.09. The van der Waals surface area contributed by atoms with Crippen molar-refractivity contribution in [3.63, 3.8) is 0 Å². The van der Waals surface area contributed by atoms with Crippen molar-refractivity contribution in [2.24, 2.45) is 5.92 Å². The van der Waals surface area contributed by atoms with Crippen LogP contribution in [0.25, 0.3) is 0 Å². The van der Waals surface area contributed by atoms with Crippen molar-refractivity contribution in [2.75, 3.05) is 0 Å². The van der Waals surface area contributed by atoms with Crippen molar-refractivity contribution < 1.29 is 0 Å². The van der Waals surface area contributed by atoms with Gasteiger partial charge in [0.25, 0.3) is 0 Å². The Bertz CT molecular complexity index is 503. The first-order valence-corrected chi connectivity index (χ1v) is 8.31. The highest BCUT2D eigenvalue weighted by Gasteiger charge is 2.20. The minimum absolute atomic E-state index is 0.424. The lowest BCUT2D eigenvalue weighted by atomic mass is 9.89. The van der Waals surface area contributed by atoms with E-state index in [2.05, 4.69) is 61.4 Å². The Morgan fingerprint density at radius 1 is 1.15 bits per heavy atom. The molecule has 1 atom stereocenters. The number of nitrogens with zero attached hydrogens (tertiary/aromatic N) is 1. The number of hydrogen-bond donors (Lipinski definition) is 1. The smallest absolute Gasteiger partial charge is 0.0798 e. The Morgan fingerprint density at radius 3 is 2.40 bits per heavy atom. The van der Waals surface area contributed by atoms with Gasteiger partial charge in [0.15, 0.2) is 0 Å². The first-order chi connectivity index (χ1) is 9.76. The van der Waals surface area contributed by atoms with Gasteiger partial charge in [-0.05, 0) is 18.4 Å². The summed E-state index contributed by atoms with van der Waals surface area (Å²) in [5.74, 6) is 0.672. The Hall–Kier alpha value is -1.19. The molecule has 2 nitrogen and oxygen atoms in total. The second-order valence-corrected chi connectivity index (χ2v) is 6.15. The maximum absolute atomic E-state index is 4.33. The Kier molecular flexibility index (Phi) is 5.74. The number of thiazole rings is 1. The van der Waals surface area contributed by atoms with Gasteiger partial charge in [0.1, 0.15) is 0 Å². The van der Waals surface area contributed by atoms with Crippen LogP contribution in [0.5, 0.6) is 0 Å². The minimum Gasteiger partial charge on any atom is -0.305 e. The number of benzene rings is 1. The molecule has 1 unspecified atom stereocenters. The molecule has 2 aromatic rings. The van der Waals surface area contributed by atoms with Gasteiger partial charge in [-0.15, -0.1) is 11.3 Å². The van der Waals surface area contributed by atoms with Crippen molar-refractivity contribution in [3.05, 3.63) is 52.0 Å². The van der Waals surface area contributed by atoms with Crippen LogP contribution < -0.4 is 5.32 Å². The fraction of sp³-hybridized carbons (Fsp3) is 0.471. The third-order valence-corrected chi connectivity index (χ3v) is 4.94. The molecular formula is C17H24N2S. The van der Waals surface area contributed by atoms with Crippen LogP contribution in [-0.2, 0) is 6.54 Å². The molecular weight excluding hydrogens is 264 g/mol. The first-order valence-electron chi connectivity index (χ1n) is 7.43. The zero-order chi connectivity index (χ0) is 14.4. The lowest BCUT2D eigenvalue weighted by Gasteiger charge is -2.27. The van der Waals surface area contributed by atoms with E-state index >= 15 is 0 Å². The summed E-state index contributed by atoms with van der Waals surface area (Å²) in [6.45, 7) is 7.56. The lowest BCUT2D eigenvalue weighted by molar-refractivity contribution is 0.340. The van der Waals surface area contributed by atoms with Crippen LogP contribution in [-0.4, -0.2) is 4.98 Å². The van der Waals surface area contributed by atoms with Crippen molar-refractivity contribution in [2.45, 2.75) is 46.2 Å². The highest BCUT2D eigenvalue weighted by atomic mass is 32.1. The maximum atomic E-state index is 4.33. The van der Waals surface area contributed by atoms with Crippen molar-refractivity contribution >= 4 is 11.3 Å². The third kappa shape index (κ3) is 3.68. The summed E-state index contributed by atoms with van der Waals surface area (Å²) in [5, 5.41) is 3.75. The molecule has 0 amide bonds. The summed E-state index contributed by atoms with van der Waals surface area (Å²) in [6, 6.07) is 11.2. The van der Waals surface area contributed by atoms with Gasteiger partial charge < -0.3 is 5.32 Å². The molecule has 0 spiro atoms. The highest BCUT2D eigenvalue weighted by Crippen LogP contribution is 2.28. The summed E-state index contributed by atoms with van der Waals surface area (Å²) in [5.41, 5.74) is 4.48. The van der Waals surface area contributed by atoms with Crippen LogP contribution in [0.15, 0.2) is 35.8 Å². The van der Waals surface area contributed by atoms with E-state index in [1.165, 1.54) is 23.3 Å². The number of aromatic nitrogens is 1. The Morgan fingerprint density at radius 2 is 1.85 bits per heavy atom. The van der Waals surface area contributed by atoms with Crippen LogP contribution >= 0.6 is 11.3 Å².